The Kier molecular flexibility index (Phi) is 18.4. The molecule has 0 saturated heterocycles. The fraction of sp³-hybridized carbons (Fsp3) is 0.857. The van der Waals surface area contributed by atoms with Gasteiger partial charge in [0.2, 0.25) is 0 Å². The van der Waals surface area contributed by atoms with Crippen LogP contribution < -0.4 is 64.2 Å². The molecule has 0 heterocycles. The number of carboxylic acids is 1. The molecule has 0 rings (SSSR count). The molecule has 1 unspecified atom stereocenters. The van der Waals surface area contributed by atoms with Crippen LogP contribution >= 0.6 is 0 Å². The molecule has 106 valence electrons. The first-order valence-corrected chi connectivity index (χ1v) is 7.29. The minimum absolute atomic E-state index is 0. The van der Waals surface area contributed by atoms with Crippen LogP contribution in [-0.2, 0) is 22.2 Å². The van der Waals surface area contributed by atoms with Crippen molar-refractivity contribution < 1.29 is 73.8 Å². The Morgan fingerprint density at radius 2 is 1.55 bits per heavy atom. The Morgan fingerprint density at radius 3 is 1.85 bits per heavy atom. The van der Waals surface area contributed by atoms with Gasteiger partial charge in [0.15, 0.2) is 0 Å². The first kappa shape index (κ1) is 26.3. The topological polar surface area (TPSA) is 57.2 Å². The van der Waals surface area contributed by atoms with Crippen molar-refractivity contribution >= 4 is 23.7 Å². The number of hydrogen-bond acceptors (Lipinski definition) is 4. The molecular weight excluding hydrogens is 294 g/mol. The van der Waals surface area contributed by atoms with Gasteiger partial charge in [-0.15, -0.1) is 0 Å². The van der Waals surface area contributed by atoms with E-state index in [-0.39, 0.29) is 59.1 Å². The van der Waals surface area contributed by atoms with Crippen molar-refractivity contribution in [1.29, 1.82) is 0 Å². The summed E-state index contributed by atoms with van der Waals surface area (Å²) in [7, 11) is 0. The van der Waals surface area contributed by atoms with Gasteiger partial charge in [0.25, 0.3) is 0 Å². The predicted molar refractivity (Wildman–Crippen MR) is 72.6 cm³/mol. The van der Waals surface area contributed by atoms with Crippen LogP contribution in [0, 0.1) is 11.3 Å². The Hall–Kier alpha value is 1.36. The molecule has 0 aliphatic carbocycles. The second-order valence-electron chi connectivity index (χ2n) is 4.87. The van der Waals surface area contributed by atoms with Crippen LogP contribution in [0.15, 0.2) is 0 Å². The molecule has 0 N–H and O–H groups in total. The Bertz CT molecular complexity index is 282. The summed E-state index contributed by atoms with van der Waals surface area (Å²) in [6, 6.07) is 0. The van der Waals surface area contributed by atoms with Gasteiger partial charge in [0.1, 0.15) is 0 Å². The van der Waals surface area contributed by atoms with Crippen LogP contribution in [0.1, 0.15) is 65.7 Å². The van der Waals surface area contributed by atoms with Crippen molar-refractivity contribution in [1.82, 2.24) is 0 Å². The maximum Gasteiger partial charge on any atom is 1.00 e. The SMILES string of the molecule is CCCCCCC(C(=O)[S-])C(CC)(CC)C(=O)[O-].[Na+].[Na+]. The maximum atomic E-state index is 11.6. The molecule has 0 bridgehead atoms. The zero-order chi connectivity index (χ0) is 14.2. The summed E-state index contributed by atoms with van der Waals surface area (Å²) in [6.07, 6.45) is 5.45. The molecule has 1 atom stereocenters. The molecule has 0 spiro atoms. The largest absolute Gasteiger partial charge is 1.00 e. The minimum atomic E-state index is -1.13. The monoisotopic (exact) mass is 318 g/mol. The van der Waals surface area contributed by atoms with Crippen LogP contribution in [0.5, 0.6) is 0 Å². The molecule has 6 heteroatoms. The van der Waals surface area contributed by atoms with Gasteiger partial charge in [-0.1, -0.05) is 46.5 Å². The molecule has 20 heavy (non-hydrogen) atoms. The van der Waals surface area contributed by atoms with E-state index in [1.54, 1.807) is 13.8 Å². The number of carbonyl (C=O) groups excluding carboxylic acids is 2. The average Bonchev–Trinajstić information content (AvgIpc) is 2.33. The summed E-state index contributed by atoms with van der Waals surface area (Å²) in [6.45, 7) is 5.69. The third kappa shape index (κ3) is 7.57. The number of aliphatic carboxylic acids is 1. The minimum Gasteiger partial charge on any atom is -0.742 e. The first-order chi connectivity index (χ1) is 8.46. The van der Waals surface area contributed by atoms with Gasteiger partial charge in [-0.05, 0) is 19.3 Å². The van der Waals surface area contributed by atoms with Crippen LogP contribution in [0.4, 0.5) is 0 Å². The van der Waals surface area contributed by atoms with Gasteiger partial charge >= 0.3 is 59.1 Å². The van der Waals surface area contributed by atoms with E-state index in [0.29, 0.717) is 19.3 Å². The van der Waals surface area contributed by atoms with E-state index in [1.165, 1.54) is 0 Å². The van der Waals surface area contributed by atoms with Gasteiger partial charge < -0.3 is 27.3 Å². The summed E-state index contributed by atoms with van der Waals surface area (Å²) >= 11 is 4.75. The number of hydrogen-bond donors (Lipinski definition) is 0. The normalized spacial score (nSPS) is 11.9. The summed E-state index contributed by atoms with van der Waals surface area (Å²) in [4.78, 5) is 23.0. The van der Waals surface area contributed by atoms with Gasteiger partial charge in [-0.25, -0.2) is 0 Å². The van der Waals surface area contributed by atoms with Crippen molar-refractivity contribution in [2.75, 3.05) is 0 Å². The fourth-order valence-electron chi connectivity index (χ4n) is 2.57. The van der Waals surface area contributed by atoms with E-state index in [0.717, 1.165) is 25.7 Å². The molecule has 0 radical (unpaired) electrons. The number of carbonyl (C=O) groups is 2. The zero-order valence-corrected chi connectivity index (χ0v) is 18.5. The molecule has 0 aromatic carbocycles. The Balaban J connectivity index is -0.00000144. The Labute approximate surface area is 173 Å². The number of rotatable bonds is 10. The van der Waals surface area contributed by atoms with Crippen molar-refractivity contribution in [2.24, 2.45) is 11.3 Å². The van der Waals surface area contributed by atoms with Crippen LogP contribution in [0.3, 0.4) is 0 Å². The molecule has 0 amide bonds. The second-order valence-corrected chi connectivity index (χ2v) is 5.27. The van der Waals surface area contributed by atoms with E-state index in [9.17, 15) is 14.7 Å². The third-order valence-electron chi connectivity index (χ3n) is 3.97. The standard InChI is InChI=1S/C14H26O3S.2Na/c1-4-7-8-9-10-11(12(15)18)14(5-2,6-3)13(16)17;;/h11H,4-10H2,1-3H3,(H,15,18)(H,16,17);;/q;2*+1/p-2. The number of carboxylic acid groups (broad SMARTS) is 1. The smallest absolute Gasteiger partial charge is 0.742 e. The van der Waals surface area contributed by atoms with Crippen LogP contribution in [0.2, 0.25) is 0 Å². The molecule has 0 saturated carbocycles. The molecule has 0 fully saturated rings. The molecular formula is C14H24Na2O3S. The number of unbranched alkanes of at least 4 members (excludes halogenated alkanes) is 3. The van der Waals surface area contributed by atoms with E-state index >= 15 is 0 Å². The van der Waals surface area contributed by atoms with Gasteiger partial charge in [0, 0.05) is 22.4 Å². The summed E-state index contributed by atoms with van der Waals surface area (Å²) in [5.74, 6) is -1.71. The molecule has 0 aliphatic rings. The van der Waals surface area contributed by atoms with Crippen molar-refractivity contribution in [3.8, 4) is 0 Å². The quantitative estimate of drug-likeness (QED) is 0.236. The summed E-state index contributed by atoms with van der Waals surface area (Å²) in [5.41, 5.74) is -1.08. The van der Waals surface area contributed by atoms with E-state index in [2.05, 4.69) is 6.92 Å². The first-order valence-electron chi connectivity index (χ1n) is 6.88. The zero-order valence-electron chi connectivity index (χ0n) is 13.7. The second kappa shape index (κ2) is 14.0. The molecule has 0 aliphatic heterocycles. The summed E-state index contributed by atoms with van der Waals surface area (Å²) in [5, 5.41) is 11.0. The van der Waals surface area contributed by atoms with Crippen molar-refractivity contribution in [3.63, 3.8) is 0 Å². The van der Waals surface area contributed by atoms with Crippen LogP contribution in [0.25, 0.3) is 0 Å². The van der Waals surface area contributed by atoms with E-state index in [1.807, 2.05) is 0 Å². The predicted octanol–water partition coefficient (Wildman–Crippen LogP) is -3.79. The summed E-state index contributed by atoms with van der Waals surface area (Å²) < 4.78 is 0. The molecule has 0 aromatic rings. The third-order valence-corrected chi connectivity index (χ3v) is 4.25. The molecule has 0 aromatic heterocycles. The van der Waals surface area contributed by atoms with Crippen molar-refractivity contribution in [3.05, 3.63) is 0 Å². The van der Waals surface area contributed by atoms with E-state index < -0.39 is 22.4 Å². The Morgan fingerprint density at radius 1 is 1.05 bits per heavy atom. The molecule has 3 nitrogen and oxygen atoms in total. The fourth-order valence-corrected chi connectivity index (χ4v) is 2.91. The van der Waals surface area contributed by atoms with Crippen LogP contribution in [-0.4, -0.2) is 11.1 Å². The van der Waals surface area contributed by atoms with Crippen molar-refractivity contribution in [2.45, 2.75) is 65.7 Å². The van der Waals surface area contributed by atoms with Gasteiger partial charge in [-0.2, -0.15) is 0 Å². The van der Waals surface area contributed by atoms with E-state index in [4.69, 9.17) is 12.6 Å². The maximum absolute atomic E-state index is 11.6. The van der Waals surface area contributed by atoms with Gasteiger partial charge in [-0.3, -0.25) is 0 Å². The van der Waals surface area contributed by atoms with Gasteiger partial charge in [0.05, 0.1) is 0 Å². The average molecular weight is 318 g/mol.